The molecule has 0 saturated carbocycles. The van der Waals surface area contributed by atoms with Gasteiger partial charge in [-0.25, -0.2) is 0 Å². The normalized spacial score (nSPS) is 15.8. The number of rotatable bonds is 2. The van der Waals surface area contributed by atoms with Crippen LogP contribution in [0.3, 0.4) is 0 Å². The van der Waals surface area contributed by atoms with Crippen molar-refractivity contribution >= 4 is 28.1 Å². The highest BCUT2D eigenvalue weighted by atomic mass is 19.4. The van der Waals surface area contributed by atoms with Gasteiger partial charge >= 0.3 is 6.18 Å². The van der Waals surface area contributed by atoms with E-state index in [1.807, 2.05) is 6.07 Å². The Kier molecular flexibility index (Phi) is 4.54. The molecule has 1 aromatic heterocycles. The van der Waals surface area contributed by atoms with Crippen molar-refractivity contribution < 1.29 is 22.7 Å². The largest absolute Gasteiger partial charge is 0.493 e. The van der Waals surface area contributed by atoms with E-state index < -0.39 is 11.7 Å². The van der Waals surface area contributed by atoms with Crippen molar-refractivity contribution in [2.45, 2.75) is 19.0 Å². The van der Waals surface area contributed by atoms with E-state index in [0.717, 1.165) is 17.5 Å². The van der Waals surface area contributed by atoms with Crippen LogP contribution in [0, 0.1) is 0 Å². The van der Waals surface area contributed by atoms with Crippen LogP contribution >= 0.6 is 0 Å². The lowest BCUT2D eigenvalue weighted by atomic mass is 9.99. The van der Waals surface area contributed by atoms with Gasteiger partial charge in [0.1, 0.15) is 5.75 Å². The standard InChI is InChI=1S/C20H16F3N3O2/c21-20(22,23)14-6-7-15-12(4-2-8-28-17(15)10-14)9-18(27)25-16-5-1-3-13-11-24-26-19(13)16/h1,3,5-7,9-11H,2,4,8H2,(H,24,26)(H,25,27). The molecule has 2 N–H and O–H groups in total. The summed E-state index contributed by atoms with van der Waals surface area (Å²) in [4.78, 5) is 12.6. The predicted octanol–water partition coefficient (Wildman–Crippen LogP) is 4.78. The summed E-state index contributed by atoms with van der Waals surface area (Å²) >= 11 is 0. The summed E-state index contributed by atoms with van der Waals surface area (Å²) in [6, 6.07) is 8.76. The Balaban J connectivity index is 1.64. The van der Waals surface area contributed by atoms with Crippen molar-refractivity contribution in [1.29, 1.82) is 0 Å². The maximum atomic E-state index is 13.0. The summed E-state index contributed by atoms with van der Waals surface area (Å²) in [6.07, 6.45) is -0.253. The number of nitrogens with zero attached hydrogens (tertiary/aromatic N) is 1. The van der Waals surface area contributed by atoms with Gasteiger partial charge < -0.3 is 10.1 Å². The first kappa shape index (κ1) is 18.1. The van der Waals surface area contributed by atoms with Crippen LogP contribution in [0.1, 0.15) is 24.0 Å². The summed E-state index contributed by atoms with van der Waals surface area (Å²) < 4.78 is 44.4. The number of alkyl halides is 3. The minimum Gasteiger partial charge on any atom is -0.493 e. The number of halogens is 3. The molecule has 0 radical (unpaired) electrons. The van der Waals surface area contributed by atoms with E-state index in [1.54, 1.807) is 18.3 Å². The van der Waals surface area contributed by atoms with Crippen molar-refractivity contribution in [3.8, 4) is 5.75 Å². The molecule has 0 atom stereocenters. The van der Waals surface area contributed by atoms with Gasteiger partial charge in [-0.1, -0.05) is 18.2 Å². The molecule has 8 heteroatoms. The van der Waals surface area contributed by atoms with E-state index in [0.29, 0.717) is 41.8 Å². The highest BCUT2D eigenvalue weighted by Gasteiger charge is 2.32. The number of carbonyl (C=O) groups is 1. The number of carbonyl (C=O) groups excluding carboxylic acids is 1. The average Bonchev–Trinajstić information content (AvgIpc) is 3.05. The Labute approximate surface area is 158 Å². The van der Waals surface area contributed by atoms with E-state index >= 15 is 0 Å². The molecule has 0 fully saturated rings. The second kappa shape index (κ2) is 7.03. The Morgan fingerprint density at radius 3 is 2.93 bits per heavy atom. The summed E-state index contributed by atoms with van der Waals surface area (Å²) in [5.41, 5.74) is 1.64. The molecule has 3 aromatic rings. The van der Waals surface area contributed by atoms with E-state index in [4.69, 9.17) is 4.74 Å². The summed E-state index contributed by atoms with van der Waals surface area (Å²) in [5, 5.41) is 10.4. The van der Waals surface area contributed by atoms with Gasteiger partial charge in [-0.15, -0.1) is 0 Å². The second-order valence-electron chi connectivity index (χ2n) is 6.46. The molecular weight excluding hydrogens is 371 g/mol. The molecule has 1 aliphatic rings. The molecule has 1 aliphatic heterocycles. The maximum absolute atomic E-state index is 13.0. The number of hydrogen-bond donors (Lipinski definition) is 2. The SMILES string of the molecule is O=C(C=C1CCCOc2cc(C(F)(F)F)ccc21)Nc1cccc2cn[nH]c12. The van der Waals surface area contributed by atoms with Gasteiger partial charge in [-0.3, -0.25) is 9.89 Å². The van der Waals surface area contributed by atoms with Crippen LogP contribution in [0.5, 0.6) is 5.75 Å². The van der Waals surface area contributed by atoms with Crippen LogP contribution in [-0.4, -0.2) is 22.7 Å². The number of fused-ring (bicyclic) bond motifs is 2. The number of hydrogen-bond acceptors (Lipinski definition) is 3. The Morgan fingerprint density at radius 1 is 1.25 bits per heavy atom. The number of anilines is 1. The maximum Gasteiger partial charge on any atom is 0.416 e. The third kappa shape index (κ3) is 3.58. The summed E-state index contributed by atoms with van der Waals surface area (Å²) in [5.74, 6) is -0.230. The van der Waals surface area contributed by atoms with Crippen LogP contribution < -0.4 is 10.1 Å². The van der Waals surface area contributed by atoms with Crippen molar-refractivity contribution in [1.82, 2.24) is 10.2 Å². The first-order valence-electron chi connectivity index (χ1n) is 8.70. The average molecular weight is 387 g/mol. The van der Waals surface area contributed by atoms with Crippen LogP contribution in [0.4, 0.5) is 18.9 Å². The monoisotopic (exact) mass is 387 g/mol. The van der Waals surface area contributed by atoms with Crippen molar-refractivity contribution in [2.75, 3.05) is 11.9 Å². The summed E-state index contributed by atoms with van der Waals surface area (Å²) in [6.45, 7) is 0.292. The fourth-order valence-electron chi connectivity index (χ4n) is 3.21. The zero-order valence-corrected chi connectivity index (χ0v) is 14.6. The first-order valence-corrected chi connectivity index (χ1v) is 8.70. The molecule has 0 unspecified atom stereocenters. The number of para-hydroxylation sites is 1. The highest BCUT2D eigenvalue weighted by molar-refractivity contribution is 6.08. The third-order valence-corrected chi connectivity index (χ3v) is 4.54. The molecule has 2 aromatic carbocycles. The molecular formula is C20H16F3N3O2. The molecule has 0 spiro atoms. The van der Waals surface area contributed by atoms with E-state index in [-0.39, 0.29) is 11.7 Å². The number of benzene rings is 2. The van der Waals surface area contributed by atoms with Gasteiger partial charge in [-0.2, -0.15) is 18.3 Å². The predicted molar refractivity (Wildman–Crippen MR) is 98.9 cm³/mol. The van der Waals surface area contributed by atoms with E-state index in [2.05, 4.69) is 15.5 Å². The van der Waals surface area contributed by atoms with Gasteiger partial charge in [0.15, 0.2) is 0 Å². The number of aromatic nitrogens is 2. The van der Waals surface area contributed by atoms with E-state index in [9.17, 15) is 18.0 Å². The fourth-order valence-corrected chi connectivity index (χ4v) is 3.21. The lowest BCUT2D eigenvalue weighted by Gasteiger charge is -2.13. The molecule has 0 bridgehead atoms. The lowest BCUT2D eigenvalue weighted by Crippen LogP contribution is -2.09. The molecule has 4 rings (SSSR count). The zero-order valence-electron chi connectivity index (χ0n) is 14.6. The van der Waals surface area contributed by atoms with Gasteiger partial charge in [0, 0.05) is 17.0 Å². The van der Waals surface area contributed by atoms with Crippen LogP contribution in [0.15, 0.2) is 48.7 Å². The topological polar surface area (TPSA) is 67.0 Å². The third-order valence-electron chi connectivity index (χ3n) is 4.54. The van der Waals surface area contributed by atoms with E-state index in [1.165, 1.54) is 12.1 Å². The molecule has 144 valence electrons. The Hall–Kier alpha value is -3.29. The number of H-pyrrole nitrogens is 1. The highest BCUT2D eigenvalue weighted by Crippen LogP contribution is 2.38. The Morgan fingerprint density at radius 2 is 2.11 bits per heavy atom. The van der Waals surface area contributed by atoms with Crippen LogP contribution in [-0.2, 0) is 11.0 Å². The molecule has 0 aliphatic carbocycles. The molecule has 28 heavy (non-hydrogen) atoms. The Bertz CT molecular complexity index is 1070. The van der Waals surface area contributed by atoms with Crippen molar-refractivity contribution in [2.24, 2.45) is 0 Å². The molecule has 5 nitrogen and oxygen atoms in total. The van der Waals surface area contributed by atoms with Gasteiger partial charge in [0.2, 0.25) is 5.91 Å². The zero-order chi connectivity index (χ0) is 19.7. The number of ether oxygens (including phenoxy) is 1. The van der Waals surface area contributed by atoms with Crippen LogP contribution in [0.25, 0.3) is 16.5 Å². The minimum absolute atomic E-state index is 0.141. The number of amides is 1. The number of allylic oxidation sites excluding steroid dienone is 1. The minimum atomic E-state index is -4.45. The lowest BCUT2D eigenvalue weighted by molar-refractivity contribution is -0.137. The smallest absolute Gasteiger partial charge is 0.416 e. The first-order chi connectivity index (χ1) is 13.4. The number of aromatic amines is 1. The van der Waals surface area contributed by atoms with Gasteiger partial charge in [0.25, 0.3) is 0 Å². The fraction of sp³-hybridized carbons (Fsp3) is 0.200. The number of nitrogens with one attached hydrogen (secondary N) is 2. The van der Waals surface area contributed by atoms with Gasteiger partial charge in [-0.05, 0) is 36.6 Å². The van der Waals surface area contributed by atoms with Crippen molar-refractivity contribution in [3.05, 3.63) is 59.8 Å². The van der Waals surface area contributed by atoms with Crippen molar-refractivity contribution in [3.63, 3.8) is 0 Å². The quantitative estimate of drug-likeness (QED) is 0.622. The van der Waals surface area contributed by atoms with Crippen LogP contribution in [0.2, 0.25) is 0 Å². The molecule has 1 amide bonds. The van der Waals surface area contributed by atoms with Gasteiger partial charge in [0.05, 0.1) is 29.6 Å². The molecule has 0 saturated heterocycles. The molecule has 2 heterocycles. The summed E-state index contributed by atoms with van der Waals surface area (Å²) in [7, 11) is 0. The second-order valence-corrected chi connectivity index (χ2v) is 6.46.